The van der Waals surface area contributed by atoms with Crippen molar-refractivity contribution in [3.05, 3.63) is 61.7 Å². The summed E-state index contributed by atoms with van der Waals surface area (Å²) in [7, 11) is 4.27. The highest BCUT2D eigenvalue weighted by Gasteiger charge is 2.05. The van der Waals surface area contributed by atoms with Crippen LogP contribution in [0.5, 0.6) is 0 Å². The van der Waals surface area contributed by atoms with Crippen LogP contribution in [0.2, 0.25) is 0 Å². The fourth-order valence-corrected chi connectivity index (χ4v) is 1.52. The Bertz CT molecular complexity index is 288. The van der Waals surface area contributed by atoms with Gasteiger partial charge in [0.1, 0.15) is 0 Å². The third-order valence-electron chi connectivity index (χ3n) is 2.86. The molecule has 1 aromatic rings. The number of nitrogens with zero attached hydrogens (tertiary/aromatic N) is 1. The van der Waals surface area contributed by atoms with Crippen LogP contribution in [0.25, 0.3) is 0 Å². The second-order valence-electron chi connectivity index (χ2n) is 6.16. The normalized spacial score (nSPS) is 8.57. The zero-order chi connectivity index (χ0) is 25.1. The van der Waals surface area contributed by atoms with Crippen molar-refractivity contribution in [2.45, 2.75) is 114 Å². The molecule has 0 saturated carbocycles. The van der Waals surface area contributed by atoms with Gasteiger partial charge in [-0.25, -0.2) is 0 Å². The van der Waals surface area contributed by atoms with Gasteiger partial charge < -0.3 is 4.90 Å². The van der Waals surface area contributed by atoms with Crippen molar-refractivity contribution in [2.75, 3.05) is 14.1 Å². The lowest BCUT2D eigenvalue weighted by Crippen LogP contribution is -2.26. The van der Waals surface area contributed by atoms with Gasteiger partial charge in [-0.05, 0) is 39.8 Å². The first-order chi connectivity index (χ1) is 14.5. The molecule has 0 aliphatic carbocycles. The molecular weight excluding hydrogens is 362 g/mol. The predicted octanol–water partition coefficient (Wildman–Crippen LogP) is 10.4. The monoisotopic (exact) mass is 423 g/mol. The minimum Gasteiger partial charge on any atom is -0.306 e. The molecule has 0 bridgehead atoms. The number of benzene rings is 1. The maximum atomic E-state index is 3.71. The van der Waals surface area contributed by atoms with Gasteiger partial charge in [0.2, 0.25) is 0 Å². The van der Waals surface area contributed by atoms with Gasteiger partial charge in [0.05, 0.1) is 0 Å². The molecule has 0 saturated heterocycles. The summed E-state index contributed by atoms with van der Waals surface area (Å²) < 4.78 is 0. The van der Waals surface area contributed by atoms with Gasteiger partial charge in [-0.15, -0.1) is 13.2 Å². The number of hydrogen-bond acceptors (Lipinski definition) is 1. The average molecular weight is 424 g/mol. The lowest BCUT2D eigenvalue weighted by molar-refractivity contribution is 0.273. The van der Waals surface area contributed by atoms with Crippen LogP contribution in [0.4, 0.5) is 0 Å². The molecule has 1 heteroatoms. The first kappa shape index (κ1) is 42.7. The zero-order valence-corrected chi connectivity index (χ0v) is 23.3. The summed E-state index contributed by atoms with van der Waals surface area (Å²) in [5, 5.41) is 0. The lowest BCUT2D eigenvalue weighted by Gasteiger charge is -2.21. The van der Waals surface area contributed by atoms with Crippen LogP contribution in [-0.4, -0.2) is 25.0 Å². The molecule has 1 rings (SSSR count). The van der Waals surface area contributed by atoms with Crippen LogP contribution in [0, 0.1) is 0 Å². The number of allylic oxidation sites excluding steroid dienone is 2. The van der Waals surface area contributed by atoms with E-state index in [0.717, 1.165) is 18.9 Å². The van der Waals surface area contributed by atoms with Crippen molar-refractivity contribution in [3.63, 3.8) is 0 Å². The van der Waals surface area contributed by atoms with E-state index < -0.39 is 0 Å². The van der Waals surface area contributed by atoms with E-state index in [0.29, 0.717) is 0 Å². The summed E-state index contributed by atoms with van der Waals surface area (Å²) in [5.41, 5.74) is 0. The summed E-state index contributed by atoms with van der Waals surface area (Å²) in [4.78, 5) is 2.28. The summed E-state index contributed by atoms with van der Waals surface area (Å²) in [5.74, 6) is 0. The maximum Gasteiger partial charge on any atom is 0.00894 e. The standard InChI is InChI=1S/C9H19N.C6H6.C4H8.2C3H8.2C2H6/c1-5-7-8-9(6-2)10(3)4;1-2-4-6-5-3-1;1-3-4-2;2*1-3-2;2*1-2/h5,9H,1,6-8H2,2-4H3;1-6H;3H,1,4H2,2H3;2*3H2,1-2H3;2*1-2H3/t9-;;;;;;/m1....../s1. The van der Waals surface area contributed by atoms with Gasteiger partial charge in [0, 0.05) is 6.04 Å². The van der Waals surface area contributed by atoms with Crippen molar-refractivity contribution < 1.29 is 0 Å². The molecule has 0 unspecified atom stereocenters. The largest absolute Gasteiger partial charge is 0.306 e. The molecule has 0 N–H and O–H groups in total. The van der Waals surface area contributed by atoms with Crippen LogP contribution < -0.4 is 0 Å². The molecule has 0 aromatic heterocycles. The van der Waals surface area contributed by atoms with Crippen molar-refractivity contribution in [1.29, 1.82) is 0 Å². The summed E-state index contributed by atoms with van der Waals surface area (Å²) >= 11 is 0. The molecule has 30 heavy (non-hydrogen) atoms. The van der Waals surface area contributed by atoms with E-state index in [9.17, 15) is 0 Å². The van der Waals surface area contributed by atoms with Gasteiger partial charge >= 0.3 is 0 Å². The number of rotatable bonds is 6. The van der Waals surface area contributed by atoms with E-state index in [2.05, 4.69) is 73.7 Å². The smallest absolute Gasteiger partial charge is 0.00894 e. The second kappa shape index (κ2) is 56.5. The third kappa shape index (κ3) is 71.6. The van der Waals surface area contributed by atoms with Crippen LogP contribution in [0.15, 0.2) is 61.7 Å². The Balaban J connectivity index is -0.0000000621. The average Bonchev–Trinajstić information content (AvgIpc) is 2.80. The molecule has 0 radical (unpaired) electrons. The summed E-state index contributed by atoms with van der Waals surface area (Å²) in [6.45, 7) is 28.0. The van der Waals surface area contributed by atoms with Crippen LogP contribution in [-0.2, 0) is 0 Å². The Hall–Kier alpha value is -1.34. The molecule has 182 valence electrons. The quantitative estimate of drug-likeness (QED) is 0.411. The molecule has 0 heterocycles. The first-order valence-electron chi connectivity index (χ1n) is 12.3. The van der Waals surface area contributed by atoms with Gasteiger partial charge in [0.15, 0.2) is 0 Å². The van der Waals surface area contributed by atoms with E-state index >= 15 is 0 Å². The molecule has 1 atom stereocenters. The highest BCUT2D eigenvalue weighted by molar-refractivity contribution is 4.99. The predicted molar refractivity (Wildman–Crippen MR) is 149 cm³/mol. The number of hydrogen-bond donors (Lipinski definition) is 0. The Labute approximate surface area is 194 Å². The molecule has 0 aliphatic rings. The lowest BCUT2D eigenvalue weighted by atomic mass is 10.1. The van der Waals surface area contributed by atoms with Crippen LogP contribution in [0.3, 0.4) is 0 Å². The van der Waals surface area contributed by atoms with Gasteiger partial charge in [-0.2, -0.15) is 0 Å². The van der Waals surface area contributed by atoms with Gasteiger partial charge in [-0.3, -0.25) is 0 Å². The highest BCUT2D eigenvalue weighted by Crippen LogP contribution is 2.06. The Kier molecular flexibility index (Phi) is 80.4. The summed E-state index contributed by atoms with van der Waals surface area (Å²) in [6, 6.07) is 12.7. The second-order valence-corrected chi connectivity index (χ2v) is 6.16. The van der Waals surface area contributed by atoms with Crippen molar-refractivity contribution in [3.8, 4) is 0 Å². The van der Waals surface area contributed by atoms with Gasteiger partial charge in [-0.1, -0.05) is 131 Å². The Morgan fingerprint density at radius 2 is 0.933 bits per heavy atom. The van der Waals surface area contributed by atoms with Crippen molar-refractivity contribution >= 4 is 0 Å². The molecular formula is C29H61N. The van der Waals surface area contributed by atoms with Gasteiger partial charge in [0.25, 0.3) is 0 Å². The van der Waals surface area contributed by atoms with Crippen molar-refractivity contribution in [2.24, 2.45) is 0 Å². The van der Waals surface area contributed by atoms with E-state index in [1.54, 1.807) is 0 Å². The highest BCUT2D eigenvalue weighted by atomic mass is 15.1. The fraction of sp³-hybridized carbons (Fsp3) is 0.655. The third-order valence-corrected chi connectivity index (χ3v) is 2.86. The van der Waals surface area contributed by atoms with E-state index in [1.807, 2.05) is 76.2 Å². The molecule has 0 aliphatic heterocycles. The Morgan fingerprint density at radius 1 is 0.667 bits per heavy atom. The van der Waals surface area contributed by atoms with Crippen molar-refractivity contribution in [1.82, 2.24) is 4.90 Å². The Morgan fingerprint density at radius 3 is 1.07 bits per heavy atom. The minimum absolute atomic E-state index is 0.734. The molecule has 0 amide bonds. The zero-order valence-electron chi connectivity index (χ0n) is 23.3. The topological polar surface area (TPSA) is 3.24 Å². The molecule has 1 aromatic carbocycles. The minimum atomic E-state index is 0.734. The molecule has 0 spiro atoms. The fourth-order valence-electron chi connectivity index (χ4n) is 1.52. The van der Waals surface area contributed by atoms with E-state index in [1.165, 1.54) is 25.7 Å². The van der Waals surface area contributed by atoms with E-state index in [-0.39, 0.29) is 0 Å². The maximum absolute atomic E-state index is 3.71. The molecule has 0 fully saturated rings. The van der Waals surface area contributed by atoms with Crippen LogP contribution in [0.1, 0.15) is 108 Å². The first-order valence-corrected chi connectivity index (χ1v) is 12.3. The SMILES string of the molecule is C=CCC.C=CCC[C@@H](CC)N(C)C.CC.CC.CCC.CCC.c1ccccc1. The van der Waals surface area contributed by atoms with Crippen LogP contribution >= 0.6 is 0 Å². The molecule has 1 nitrogen and oxygen atoms in total. The van der Waals surface area contributed by atoms with E-state index in [4.69, 9.17) is 0 Å². The summed E-state index contributed by atoms with van der Waals surface area (Å²) in [6.07, 6.45) is 11.1.